The highest BCUT2D eigenvalue weighted by Crippen LogP contribution is 2.31. The van der Waals surface area contributed by atoms with Gasteiger partial charge < -0.3 is 16.4 Å². The second-order valence-electron chi connectivity index (χ2n) is 4.98. The lowest BCUT2D eigenvalue weighted by Gasteiger charge is -2.26. The van der Waals surface area contributed by atoms with Crippen molar-refractivity contribution in [3.05, 3.63) is 54.1 Å². The molecule has 0 atom stereocenters. The Morgan fingerprint density at radius 1 is 1.14 bits per heavy atom. The fourth-order valence-corrected chi connectivity index (χ4v) is 2.27. The highest BCUT2D eigenvalue weighted by atomic mass is 16.1. The van der Waals surface area contributed by atoms with Crippen molar-refractivity contribution in [1.82, 2.24) is 0 Å². The van der Waals surface area contributed by atoms with E-state index in [0.717, 1.165) is 30.8 Å². The van der Waals surface area contributed by atoms with Gasteiger partial charge in [-0.05, 0) is 36.8 Å². The van der Waals surface area contributed by atoms with E-state index in [1.54, 1.807) is 12.1 Å². The van der Waals surface area contributed by atoms with Crippen LogP contribution in [-0.2, 0) is 0 Å². The van der Waals surface area contributed by atoms with Crippen LogP contribution in [0.2, 0.25) is 0 Å². The molecular formula is C17H21N3O. The van der Waals surface area contributed by atoms with Crippen molar-refractivity contribution in [3.63, 3.8) is 0 Å². The van der Waals surface area contributed by atoms with Crippen molar-refractivity contribution in [2.75, 3.05) is 17.2 Å². The Hall–Kier alpha value is -2.49. The number of para-hydroxylation sites is 1. The molecule has 0 saturated heterocycles. The molecule has 0 aromatic heterocycles. The molecule has 0 aliphatic carbocycles. The first kappa shape index (κ1) is 14.9. The van der Waals surface area contributed by atoms with Gasteiger partial charge >= 0.3 is 0 Å². The van der Waals surface area contributed by atoms with E-state index in [4.69, 9.17) is 11.5 Å². The molecule has 1 amide bonds. The van der Waals surface area contributed by atoms with Gasteiger partial charge in [0.1, 0.15) is 0 Å². The Balaban J connectivity index is 2.39. The molecule has 0 bridgehead atoms. The Morgan fingerprint density at radius 3 is 2.43 bits per heavy atom. The molecular weight excluding hydrogens is 262 g/mol. The highest BCUT2D eigenvalue weighted by molar-refractivity contribution is 5.95. The number of hydrogen-bond donors (Lipinski definition) is 2. The second kappa shape index (κ2) is 6.79. The minimum Gasteiger partial charge on any atom is -0.397 e. The molecule has 4 heteroatoms. The van der Waals surface area contributed by atoms with Crippen molar-refractivity contribution in [2.24, 2.45) is 5.73 Å². The third kappa shape index (κ3) is 3.54. The molecule has 0 aliphatic heterocycles. The zero-order chi connectivity index (χ0) is 15.2. The number of carbonyl (C=O) groups is 1. The number of nitrogens with zero attached hydrogens (tertiary/aromatic N) is 1. The monoisotopic (exact) mass is 283 g/mol. The van der Waals surface area contributed by atoms with Crippen molar-refractivity contribution >= 4 is 23.0 Å². The van der Waals surface area contributed by atoms with E-state index < -0.39 is 5.91 Å². The predicted octanol–water partition coefficient (Wildman–Crippen LogP) is 3.31. The summed E-state index contributed by atoms with van der Waals surface area (Å²) in [5.41, 5.74) is 14.4. The van der Waals surface area contributed by atoms with Crippen LogP contribution in [0.25, 0.3) is 0 Å². The summed E-state index contributed by atoms with van der Waals surface area (Å²) < 4.78 is 0. The maximum atomic E-state index is 11.2. The maximum absolute atomic E-state index is 11.2. The third-order valence-corrected chi connectivity index (χ3v) is 3.41. The van der Waals surface area contributed by atoms with E-state index in [0.29, 0.717) is 11.3 Å². The molecule has 0 radical (unpaired) electrons. The fourth-order valence-electron chi connectivity index (χ4n) is 2.27. The maximum Gasteiger partial charge on any atom is 0.248 e. The van der Waals surface area contributed by atoms with Gasteiger partial charge in [-0.15, -0.1) is 0 Å². The van der Waals surface area contributed by atoms with Crippen LogP contribution in [0.4, 0.5) is 17.1 Å². The number of rotatable bonds is 6. The van der Waals surface area contributed by atoms with E-state index >= 15 is 0 Å². The highest BCUT2D eigenvalue weighted by Gasteiger charge is 2.13. The van der Waals surface area contributed by atoms with Crippen LogP contribution in [-0.4, -0.2) is 12.5 Å². The van der Waals surface area contributed by atoms with E-state index in [1.807, 2.05) is 24.3 Å². The molecule has 0 aliphatic rings. The predicted molar refractivity (Wildman–Crippen MR) is 87.7 cm³/mol. The molecule has 0 fully saturated rings. The van der Waals surface area contributed by atoms with Crippen LogP contribution >= 0.6 is 0 Å². The van der Waals surface area contributed by atoms with Crippen LogP contribution in [0.3, 0.4) is 0 Å². The molecule has 4 N–H and O–H groups in total. The number of carbonyl (C=O) groups excluding carboxylic acids is 1. The first-order chi connectivity index (χ1) is 10.1. The largest absolute Gasteiger partial charge is 0.397 e. The van der Waals surface area contributed by atoms with E-state index in [1.165, 1.54) is 0 Å². The Morgan fingerprint density at radius 2 is 1.86 bits per heavy atom. The topological polar surface area (TPSA) is 72.3 Å². The van der Waals surface area contributed by atoms with Crippen molar-refractivity contribution in [2.45, 2.75) is 19.8 Å². The molecule has 0 saturated carbocycles. The molecule has 0 heterocycles. The number of nitrogens with two attached hydrogens (primary N) is 2. The minimum absolute atomic E-state index is 0.430. The normalized spacial score (nSPS) is 10.3. The molecule has 0 unspecified atom stereocenters. The number of nitrogen functional groups attached to an aromatic ring is 1. The van der Waals surface area contributed by atoms with Gasteiger partial charge in [0.15, 0.2) is 0 Å². The number of hydrogen-bond acceptors (Lipinski definition) is 3. The number of anilines is 3. The fraction of sp³-hybridized carbons (Fsp3) is 0.235. The molecule has 2 aromatic carbocycles. The third-order valence-electron chi connectivity index (χ3n) is 3.41. The summed E-state index contributed by atoms with van der Waals surface area (Å²) in [7, 11) is 0. The Kier molecular flexibility index (Phi) is 4.82. The molecule has 110 valence electrons. The van der Waals surface area contributed by atoms with Gasteiger partial charge in [0.25, 0.3) is 0 Å². The van der Waals surface area contributed by atoms with Crippen LogP contribution in [0.1, 0.15) is 30.1 Å². The van der Waals surface area contributed by atoms with Gasteiger partial charge in [-0.3, -0.25) is 4.79 Å². The van der Waals surface area contributed by atoms with Crippen LogP contribution in [0, 0.1) is 0 Å². The lowest BCUT2D eigenvalue weighted by Crippen LogP contribution is -2.20. The van der Waals surface area contributed by atoms with Crippen molar-refractivity contribution < 1.29 is 4.79 Å². The number of amides is 1. The molecule has 0 spiro atoms. The zero-order valence-corrected chi connectivity index (χ0v) is 12.3. The van der Waals surface area contributed by atoms with Crippen LogP contribution in [0.5, 0.6) is 0 Å². The molecule has 2 rings (SSSR count). The number of primary amides is 1. The van der Waals surface area contributed by atoms with E-state index in [2.05, 4.69) is 24.0 Å². The van der Waals surface area contributed by atoms with Crippen molar-refractivity contribution in [3.8, 4) is 0 Å². The second-order valence-corrected chi connectivity index (χ2v) is 4.98. The summed E-state index contributed by atoms with van der Waals surface area (Å²) in [4.78, 5) is 13.4. The number of benzene rings is 2. The van der Waals surface area contributed by atoms with Gasteiger partial charge in [-0.2, -0.15) is 0 Å². The molecule has 4 nitrogen and oxygen atoms in total. The summed E-state index contributed by atoms with van der Waals surface area (Å²) in [5, 5.41) is 0. The van der Waals surface area contributed by atoms with Gasteiger partial charge in [-0.25, -0.2) is 0 Å². The molecule has 21 heavy (non-hydrogen) atoms. The number of unbranched alkanes of at least 4 members (excludes halogenated alkanes) is 1. The Bertz CT molecular complexity index is 611. The molecule has 2 aromatic rings. The summed E-state index contributed by atoms with van der Waals surface area (Å²) in [5.74, 6) is -0.465. The van der Waals surface area contributed by atoms with Crippen LogP contribution < -0.4 is 16.4 Å². The summed E-state index contributed by atoms with van der Waals surface area (Å²) in [6, 6.07) is 15.3. The quantitative estimate of drug-likeness (QED) is 0.799. The van der Waals surface area contributed by atoms with E-state index in [9.17, 15) is 4.79 Å². The first-order valence-corrected chi connectivity index (χ1v) is 7.15. The van der Waals surface area contributed by atoms with Gasteiger partial charge in [0.2, 0.25) is 5.91 Å². The van der Waals surface area contributed by atoms with Crippen LogP contribution in [0.15, 0.2) is 48.5 Å². The SMILES string of the molecule is CCCCN(c1ccccc1)c1ccc(C(N)=O)cc1N. The summed E-state index contributed by atoms with van der Waals surface area (Å²) in [6.07, 6.45) is 2.16. The Labute approximate surface area is 125 Å². The van der Waals surface area contributed by atoms with Crippen molar-refractivity contribution in [1.29, 1.82) is 0 Å². The van der Waals surface area contributed by atoms with Gasteiger partial charge in [-0.1, -0.05) is 31.5 Å². The lowest BCUT2D eigenvalue weighted by atomic mass is 10.1. The standard InChI is InChI=1S/C17H21N3O/c1-2-3-11-20(14-7-5-4-6-8-14)16-10-9-13(17(19)21)12-15(16)18/h4-10,12H,2-3,11,18H2,1H3,(H2,19,21). The minimum atomic E-state index is -0.465. The smallest absolute Gasteiger partial charge is 0.248 e. The summed E-state index contributed by atoms with van der Waals surface area (Å²) in [6.45, 7) is 3.03. The average molecular weight is 283 g/mol. The van der Waals surface area contributed by atoms with Gasteiger partial charge in [0, 0.05) is 17.8 Å². The zero-order valence-electron chi connectivity index (χ0n) is 12.3. The van der Waals surface area contributed by atoms with Gasteiger partial charge in [0.05, 0.1) is 11.4 Å². The lowest BCUT2D eigenvalue weighted by molar-refractivity contribution is 0.100. The van der Waals surface area contributed by atoms with E-state index in [-0.39, 0.29) is 0 Å². The first-order valence-electron chi connectivity index (χ1n) is 7.15. The average Bonchev–Trinajstić information content (AvgIpc) is 2.50. The summed E-state index contributed by atoms with van der Waals surface area (Å²) >= 11 is 0.